The van der Waals surface area contributed by atoms with E-state index in [0.29, 0.717) is 32.5 Å². The van der Waals surface area contributed by atoms with Crippen molar-refractivity contribution in [1.29, 1.82) is 0 Å². The van der Waals surface area contributed by atoms with Crippen LogP contribution in [-0.4, -0.2) is 72.4 Å². The zero-order valence-electron chi connectivity index (χ0n) is 20.2. The minimum Gasteiger partial charge on any atom is -0.475 e. The van der Waals surface area contributed by atoms with E-state index in [1.165, 1.54) is 12.1 Å². The van der Waals surface area contributed by atoms with Gasteiger partial charge in [0.1, 0.15) is 11.4 Å². The van der Waals surface area contributed by atoms with Gasteiger partial charge < -0.3 is 25.5 Å². The van der Waals surface area contributed by atoms with E-state index in [1.807, 2.05) is 35.2 Å². The molecule has 13 heteroatoms. The number of anilines is 1. The highest BCUT2D eigenvalue weighted by atomic mass is 79.9. The number of carboxylic acid groups (broad SMARTS) is 1. The third-order valence-electron chi connectivity index (χ3n) is 6.44. The molecule has 0 aromatic heterocycles. The van der Waals surface area contributed by atoms with E-state index >= 15 is 0 Å². The van der Waals surface area contributed by atoms with E-state index in [1.54, 1.807) is 6.07 Å². The van der Waals surface area contributed by atoms with Gasteiger partial charge in [0.05, 0.1) is 13.1 Å². The summed E-state index contributed by atoms with van der Waals surface area (Å²) in [5.74, 6) is -3.05. The molecule has 38 heavy (non-hydrogen) atoms. The molecule has 0 bridgehead atoms. The van der Waals surface area contributed by atoms with Gasteiger partial charge in [-0.15, -0.1) is 0 Å². The molecular formula is C25H27BrF4N4O4. The lowest BCUT2D eigenvalue weighted by atomic mass is 9.85. The predicted molar refractivity (Wildman–Crippen MR) is 135 cm³/mol. The van der Waals surface area contributed by atoms with Gasteiger partial charge >= 0.3 is 12.1 Å². The normalized spacial score (nSPS) is 17.0. The standard InChI is InChI=1S/C23H26BrFN4O2.C2HF3O2/c24-20-7-2-1-4-17(20)14-21(30)26-10-13-28-11-8-23(9-12-28)22(31)27-16-29(23)19-6-3-5-18(25)15-19;3-2(4,5)1(6)7/h1-7,15H,8-14,16H2,(H,26,30)(H,27,31);(H,6,7). The Labute approximate surface area is 225 Å². The number of piperidine rings is 1. The van der Waals surface area contributed by atoms with E-state index in [2.05, 4.69) is 31.5 Å². The number of hydrogen-bond acceptors (Lipinski definition) is 5. The molecule has 0 unspecified atom stereocenters. The predicted octanol–water partition coefficient (Wildman–Crippen LogP) is 3.31. The maximum Gasteiger partial charge on any atom is 0.490 e. The van der Waals surface area contributed by atoms with Crippen LogP contribution in [0, 0.1) is 5.82 Å². The second-order valence-electron chi connectivity index (χ2n) is 8.87. The summed E-state index contributed by atoms with van der Waals surface area (Å²) < 4.78 is 46.4. The van der Waals surface area contributed by atoms with E-state index in [-0.39, 0.29) is 17.6 Å². The lowest BCUT2D eigenvalue weighted by molar-refractivity contribution is -0.192. The van der Waals surface area contributed by atoms with Crippen molar-refractivity contribution in [1.82, 2.24) is 15.5 Å². The first-order valence-corrected chi connectivity index (χ1v) is 12.6. The van der Waals surface area contributed by atoms with E-state index in [0.717, 1.165) is 35.4 Å². The van der Waals surface area contributed by atoms with Crippen LogP contribution in [0.1, 0.15) is 18.4 Å². The number of carboxylic acids is 1. The van der Waals surface area contributed by atoms with Gasteiger partial charge in [-0.25, -0.2) is 9.18 Å². The third-order valence-corrected chi connectivity index (χ3v) is 7.22. The summed E-state index contributed by atoms with van der Waals surface area (Å²) in [5, 5.41) is 13.0. The van der Waals surface area contributed by atoms with Gasteiger partial charge in [0, 0.05) is 36.3 Å². The lowest BCUT2D eigenvalue weighted by Gasteiger charge is -2.43. The SMILES string of the molecule is O=C(Cc1ccccc1Br)NCCN1CCC2(CC1)C(=O)NCN2c1cccc(F)c1.O=C(O)C(F)(F)F. The number of nitrogens with one attached hydrogen (secondary N) is 2. The Bertz CT molecular complexity index is 1160. The van der Waals surface area contributed by atoms with Crippen LogP contribution in [0.2, 0.25) is 0 Å². The number of carbonyl (C=O) groups is 3. The summed E-state index contributed by atoms with van der Waals surface area (Å²) >= 11 is 3.47. The zero-order chi connectivity index (χ0) is 27.9. The number of aliphatic carboxylic acids is 1. The highest BCUT2D eigenvalue weighted by Gasteiger charge is 2.50. The van der Waals surface area contributed by atoms with Crippen molar-refractivity contribution in [3.63, 3.8) is 0 Å². The molecular weight excluding hydrogens is 576 g/mol. The number of carbonyl (C=O) groups excluding carboxylic acids is 2. The number of amides is 2. The van der Waals surface area contributed by atoms with Gasteiger partial charge in [0.2, 0.25) is 11.8 Å². The van der Waals surface area contributed by atoms with Crippen molar-refractivity contribution < 1.29 is 37.1 Å². The van der Waals surface area contributed by atoms with Gasteiger partial charge in [0.15, 0.2) is 0 Å². The first kappa shape index (κ1) is 29.4. The molecule has 1 spiro atoms. The minimum atomic E-state index is -5.08. The fourth-order valence-corrected chi connectivity index (χ4v) is 4.87. The summed E-state index contributed by atoms with van der Waals surface area (Å²) in [7, 11) is 0. The summed E-state index contributed by atoms with van der Waals surface area (Å²) in [6, 6.07) is 14.1. The highest BCUT2D eigenvalue weighted by Crippen LogP contribution is 2.36. The zero-order valence-corrected chi connectivity index (χ0v) is 21.8. The van der Waals surface area contributed by atoms with Gasteiger partial charge in [0.25, 0.3) is 0 Å². The molecule has 2 heterocycles. The van der Waals surface area contributed by atoms with Crippen molar-refractivity contribution in [2.45, 2.75) is 31.0 Å². The van der Waals surface area contributed by atoms with Crippen LogP contribution in [0.4, 0.5) is 23.2 Å². The minimum absolute atomic E-state index is 0.00664. The van der Waals surface area contributed by atoms with Crippen LogP contribution in [0.25, 0.3) is 0 Å². The van der Waals surface area contributed by atoms with Gasteiger partial charge in [-0.2, -0.15) is 13.2 Å². The average molecular weight is 603 g/mol. The maximum atomic E-state index is 13.7. The number of likely N-dealkylation sites (tertiary alicyclic amines) is 1. The van der Waals surface area contributed by atoms with Crippen LogP contribution in [0.3, 0.4) is 0 Å². The number of nitrogens with zero attached hydrogens (tertiary/aromatic N) is 2. The Morgan fingerprint density at radius 3 is 2.37 bits per heavy atom. The smallest absolute Gasteiger partial charge is 0.475 e. The molecule has 0 radical (unpaired) electrons. The van der Waals surface area contributed by atoms with Gasteiger partial charge in [-0.05, 0) is 42.7 Å². The van der Waals surface area contributed by atoms with E-state index < -0.39 is 17.7 Å². The van der Waals surface area contributed by atoms with Crippen molar-refractivity contribution in [2.24, 2.45) is 0 Å². The van der Waals surface area contributed by atoms with Crippen LogP contribution in [-0.2, 0) is 20.8 Å². The van der Waals surface area contributed by atoms with Crippen LogP contribution < -0.4 is 15.5 Å². The quantitative estimate of drug-likeness (QED) is 0.439. The van der Waals surface area contributed by atoms with Crippen LogP contribution in [0.5, 0.6) is 0 Å². The average Bonchev–Trinajstić information content (AvgIpc) is 3.17. The second kappa shape index (κ2) is 12.6. The molecule has 206 valence electrons. The largest absolute Gasteiger partial charge is 0.490 e. The molecule has 0 aliphatic carbocycles. The second-order valence-corrected chi connectivity index (χ2v) is 9.72. The summed E-state index contributed by atoms with van der Waals surface area (Å²) in [6.45, 7) is 3.20. The third kappa shape index (κ3) is 7.44. The Hall–Kier alpha value is -3.19. The number of benzene rings is 2. The molecule has 0 atom stereocenters. The molecule has 2 aliphatic heterocycles. The van der Waals surface area contributed by atoms with Gasteiger partial charge in [-0.1, -0.05) is 40.2 Å². The number of halogens is 5. The molecule has 8 nitrogen and oxygen atoms in total. The molecule has 2 aromatic carbocycles. The number of alkyl halides is 3. The van der Waals surface area contributed by atoms with Crippen molar-refractivity contribution in [2.75, 3.05) is 37.7 Å². The van der Waals surface area contributed by atoms with Crippen molar-refractivity contribution in [3.8, 4) is 0 Å². The molecule has 3 N–H and O–H groups in total. The monoisotopic (exact) mass is 602 g/mol. The lowest BCUT2D eigenvalue weighted by Crippen LogP contribution is -2.57. The Balaban J connectivity index is 0.000000505. The molecule has 2 fully saturated rings. The molecule has 2 amide bonds. The molecule has 2 aromatic rings. The molecule has 2 aliphatic rings. The number of rotatable bonds is 6. The topological polar surface area (TPSA) is 102 Å². The van der Waals surface area contributed by atoms with Crippen molar-refractivity contribution >= 4 is 39.4 Å². The Kier molecular flexibility index (Phi) is 9.71. The first-order valence-electron chi connectivity index (χ1n) is 11.8. The molecule has 0 saturated carbocycles. The Morgan fingerprint density at radius 1 is 1.11 bits per heavy atom. The summed E-state index contributed by atoms with van der Waals surface area (Å²) in [4.78, 5) is 38.1. The fourth-order valence-electron chi connectivity index (χ4n) is 4.45. The van der Waals surface area contributed by atoms with E-state index in [9.17, 15) is 27.2 Å². The maximum absolute atomic E-state index is 13.7. The number of hydrogen-bond donors (Lipinski definition) is 3. The van der Waals surface area contributed by atoms with Gasteiger partial charge in [-0.3, -0.25) is 9.59 Å². The molecule has 4 rings (SSSR count). The van der Waals surface area contributed by atoms with Crippen LogP contribution >= 0.6 is 15.9 Å². The first-order chi connectivity index (χ1) is 17.9. The van der Waals surface area contributed by atoms with Crippen LogP contribution in [0.15, 0.2) is 53.0 Å². The highest BCUT2D eigenvalue weighted by molar-refractivity contribution is 9.10. The van der Waals surface area contributed by atoms with E-state index in [4.69, 9.17) is 9.90 Å². The molecule has 2 saturated heterocycles. The summed E-state index contributed by atoms with van der Waals surface area (Å²) in [6.07, 6.45) is -3.41. The fraction of sp³-hybridized carbons (Fsp3) is 0.400. The summed E-state index contributed by atoms with van der Waals surface area (Å²) in [5.41, 5.74) is 1.06. The Morgan fingerprint density at radius 2 is 1.76 bits per heavy atom. The van der Waals surface area contributed by atoms with Crippen molar-refractivity contribution in [3.05, 3.63) is 64.4 Å².